The molecule has 2 heterocycles. The van der Waals surface area contributed by atoms with Crippen LogP contribution < -0.4 is 5.32 Å². The third-order valence-electron chi connectivity index (χ3n) is 4.31. The molecule has 2 atom stereocenters. The summed E-state index contributed by atoms with van der Waals surface area (Å²) in [6.45, 7) is 1.12. The van der Waals surface area contributed by atoms with Crippen molar-refractivity contribution in [1.29, 1.82) is 0 Å². The molecule has 0 aliphatic carbocycles. The molecule has 2 amide bonds. The van der Waals surface area contributed by atoms with Crippen molar-refractivity contribution in [1.82, 2.24) is 10.2 Å². The summed E-state index contributed by atoms with van der Waals surface area (Å²) in [6, 6.07) is 13.2. The van der Waals surface area contributed by atoms with E-state index in [0.29, 0.717) is 13.0 Å². The number of aliphatic hydroxyl groups excluding tert-OH is 1. The first kappa shape index (κ1) is 15.6. The Labute approximate surface area is 135 Å². The van der Waals surface area contributed by atoms with Crippen LogP contribution in [-0.4, -0.2) is 28.6 Å². The number of carbonyl (C=O) groups is 1. The Morgan fingerprint density at radius 3 is 2.87 bits per heavy atom. The largest absolute Gasteiger partial charge is 0.467 e. The van der Waals surface area contributed by atoms with Crippen molar-refractivity contribution in [2.45, 2.75) is 38.0 Å². The number of likely N-dealkylation sites (tertiary alicyclic amines) is 1. The molecular weight excluding hydrogens is 292 g/mol. The molecule has 2 N–H and O–H groups in total. The Morgan fingerprint density at radius 2 is 2.13 bits per heavy atom. The average molecular weight is 314 g/mol. The number of benzene rings is 1. The first-order chi connectivity index (χ1) is 11.2. The SMILES string of the molecule is O=C(NCc1ccco1)N1CCC[C@H]1C[C@H](O)c1ccccc1. The molecule has 0 unspecified atom stereocenters. The highest BCUT2D eigenvalue weighted by Gasteiger charge is 2.30. The first-order valence-electron chi connectivity index (χ1n) is 8.04. The Bertz CT molecular complexity index is 612. The Kier molecular flexibility index (Phi) is 4.98. The number of hydrogen-bond donors (Lipinski definition) is 2. The molecule has 122 valence electrons. The number of aliphatic hydroxyl groups is 1. The number of urea groups is 1. The standard InChI is InChI=1S/C18H22N2O3/c21-17(14-6-2-1-3-7-14)12-15-8-4-10-20(15)18(22)19-13-16-9-5-11-23-16/h1-3,5-7,9,11,15,17,21H,4,8,10,12-13H2,(H,19,22)/t15-,17-/m0/s1. The van der Waals surface area contributed by atoms with Crippen LogP contribution in [0.5, 0.6) is 0 Å². The van der Waals surface area contributed by atoms with E-state index >= 15 is 0 Å². The monoisotopic (exact) mass is 314 g/mol. The van der Waals surface area contributed by atoms with Crippen molar-refractivity contribution in [2.75, 3.05) is 6.54 Å². The maximum Gasteiger partial charge on any atom is 0.318 e. The molecule has 1 aliphatic heterocycles. The van der Waals surface area contributed by atoms with Crippen molar-refractivity contribution in [2.24, 2.45) is 0 Å². The molecule has 5 nitrogen and oxygen atoms in total. The maximum absolute atomic E-state index is 12.4. The number of carbonyl (C=O) groups excluding carboxylic acids is 1. The van der Waals surface area contributed by atoms with E-state index in [9.17, 15) is 9.90 Å². The summed E-state index contributed by atoms with van der Waals surface area (Å²) < 4.78 is 5.22. The van der Waals surface area contributed by atoms with Crippen LogP contribution in [0.3, 0.4) is 0 Å². The molecule has 23 heavy (non-hydrogen) atoms. The topological polar surface area (TPSA) is 65.7 Å². The highest BCUT2D eigenvalue weighted by atomic mass is 16.3. The van der Waals surface area contributed by atoms with Crippen molar-refractivity contribution in [3.63, 3.8) is 0 Å². The van der Waals surface area contributed by atoms with Gasteiger partial charge in [-0.25, -0.2) is 4.79 Å². The minimum Gasteiger partial charge on any atom is -0.467 e. The van der Waals surface area contributed by atoms with Gasteiger partial charge in [0.1, 0.15) is 5.76 Å². The third-order valence-corrected chi connectivity index (χ3v) is 4.31. The lowest BCUT2D eigenvalue weighted by atomic mass is 10.0. The highest BCUT2D eigenvalue weighted by Crippen LogP contribution is 2.27. The Balaban J connectivity index is 1.55. The lowest BCUT2D eigenvalue weighted by molar-refractivity contribution is 0.126. The molecule has 1 aliphatic rings. The predicted octanol–water partition coefficient (Wildman–Crippen LogP) is 3.08. The molecule has 0 spiro atoms. The molecular formula is C18H22N2O3. The lowest BCUT2D eigenvalue weighted by Gasteiger charge is -2.26. The van der Waals surface area contributed by atoms with Gasteiger partial charge in [0.25, 0.3) is 0 Å². The van der Waals surface area contributed by atoms with Crippen LogP contribution in [0.25, 0.3) is 0 Å². The quantitative estimate of drug-likeness (QED) is 0.891. The zero-order chi connectivity index (χ0) is 16.1. The summed E-state index contributed by atoms with van der Waals surface area (Å²) in [5.74, 6) is 0.735. The molecule has 5 heteroatoms. The summed E-state index contributed by atoms with van der Waals surface area (Å²) >= 11 is 0. The zero-order valence-electron chi connectivity index (χ0n) is 13.0. The van der Waals surface area contributed by atoms with Gasteiger partial charge in [0.05, 0.1) is 18.9 Å². The van der Waals surface area contributed by atoms with Crippen molar-refractivity contribution >= 4 is 6.03 Å². The fourth-order valence-corrected chi connectivity index (χ4v) is 3.09. The normalized spacial score (nSPS) is 18.8. The summed E-state index contributed by atoms with van der Waals surface area (Å²) in [5.41, 5.74) is 0.898. The van der Waals surface area contributed by atoms with E-state index < -0.39 is 6.10 Å². The van der Waals surface area contributed by atoms with E-state index in [0.717, 1.165) is 30.7 Å². The highest BCUT2D eigenvalue weighted by molar-refractivity contribution is 5.74. The Morgan fingerprint density at radius 1 is 1.30 bits per heavy atom. The van der Waals surface area contributed by atoms with Crippen LogP contribution in [0.15, 0.2) is 53.1 Å². The molecule has 1 aromatic heterocycles. The number of furan rings is 1. The maximum atomic E-state index is 12.4. The minimum atomic E-state index is -0.542. The van der Waals surface area contributed by atoms with E-state index in [1.165, 1.54) is 0 Å². The molecule has 1 saturated heterocycles. The number of hydrogen-bond acceptors (Lipinski definition) is 3. The predicted molar refractivity (Wildman–Crippen MR) is 86.7 cm³/mol. The van der Waals surface area contributed by atoms with Crippen LogP contribution in [0.2, 0.25) is 0 Å². The minimum absolute atomic E-state index is 0.0711. The second-order valence-electron chi connectivity index (χ2n) is 5.89. The van der Waals surface area contributed by atoms with Gasteiger partial charge in [0.2, 0.25) is 0 Å². The van der Waals surface area contributed by atoms with Gasteiger partial charge in [-0.2, -0.15) is 0 Å². The van der Waals surface area contributed by atoms with Gasteiger partial charge in [-0.3, -0.25) is 0 Å². The van der Waals surface area contributed by atoms with E-state index in [2.05, 4.69) is 5.32 Å². The van der Waals surface area contributed by atoms with Gasteiger partial charge in [-0.05, 0) is 37.0 Å². The van der Waals surface area contributed by atoms with E-state index in [1.807, 2.05) is 41.3 Å². The van der Waals surface area contributed by atoms with Crippen molar-refractivity contribution in [3.05, 3.63) is 60.1 Å². The fourth-order valence-electron chi connectivity index (χ4n) is 3.09. The summed E-state index contributed by atoms with van der Waals surface area (Å²) in [5, 5.41) is 13.3. The second-order valence-corrected chi connectivity index (χ2v) is 5.89. The number of amides is 2. The smallest absolute Gasteiger partial charge is 0.318 e. The number of rotatable bonds is 5. The number of nitrogens with one attached hydrogen (secondary N) is 1. The van der Waals surface area contributed by atoms with Gasteiger partial charge < -0.3 is 19.7 Å². The van der Waals surface area contributed by atoms with Crippen LogP contribution in [-0.2, 0) is 6.54 Å². The van der Waals surface area contributed by atoms with Gasteiger partial charge in [-0.1, -0.05) is 30.3 Å². The molecule has 1 aromatic carbocycles. The van der Waals surface area contributed by atoms with Crippen molar-refractivity contribution < 1.29 is 14.3 Å². The summed E-state index contributed by atoms with van der Waals surface area (Å²) in [7, 11) is 0. The lowest BCUT2D eigenvalue weighted by Crippen LogP contribution is -2.43. The van der Waals surface area contributed by atoms with E-state index in [-0.39, 0.29) is 12.1 Å². The molecule has 0 saturated carbocycles. The first-order valence-corrected chi connectivity index (χ1v) is 8.04. The molecule has 3 rings (SSSR count). The van der Waals surface area contributed by atoms with Gasteiger partial charge in [0.15, 0.2) is 0 Å². The molecule has 0 radical (unpaired) electrons. The molecule has 2 aromatic rings. The van der Waals surface area contributed by atoms with Crippen LogP contribution in [0.4, 0.5) is 4.79 Å². The van der Waals surface area contributed by atoms with Gasteiger partial charge in [-0.15, -0.1) is 0 Å². The van der Waals surface area contributed by atoms with E-state index in [1.54, 1.807) is 12.3 Å². The average Bonchev–Trinajstić information content (AvgIpc) is 3.25. The van der Waals surface area contributed by atoms with Crippen LogP contribution >= 0.6 is 0 Å². The van der Waals surface area contributed by atoms with Gasteiger partial charge >= 0.3 is 6.03 Å². The zero-order valence-corrected chi connectivity index (χ0v) is 13.0. The summed E-state index contributed by atoms with van der Waals surface area (Å²) in [4.78, 5) is 14.2. The van der Waals surface area contributed by atoms with Gasteiger partial charge in [0, 0.05) is 12.6 Å². The van der Waals surface area contributed by atoms with E-state index in [4.69, 9.17) is 4.42 Å². The molecule has 1 fully saturated rings. The Hall–Kier alpha value is -2.27. The van der Waals surface area contributed by atoms with Crippen molar-refractivity contribution in [3.8, 4) is 0 Å². The molecule has 0 bridgehead atoms. The summed E-state index contributed by atoms with van der Waals surface area (Å²) in [6.07, 6.45) is 3.52. The van der Waals surface area contributed by atoms with Crippen LogP contribution in [0, 0.1) is 0 Å². The van der Waals surface area contributed by atoms with Crippen LogP contribution in [0.1, 0.15) is 36.7 Å². The fraction of sp³-hybridized carbons (Fsp3) is 0.389. The third kappa shape index (κ3) is 3.93. The number of nitrogens with zero attached hydrogens (tertiary/aromatic N) is 1. The second kappa shape index (κ2) is 7.33.